The molecule has 0 saturated heterocycles. The van der Waals surface area contributed by atoms with Gasteiger partial charge >= 0.3 is 11.9 Å². The molecular formula is C22H33NO5. The van der Waals surface area contributed by atoms with Gasteiger partial charge in [-0.1, -0.05) is 12.5 Å². The smallest absolute Gasteiger partial charge is 0.306 e. The van der Waals surface area contributed by atoms with Crippen molar-refractivity contribution in [2.45, 2.75) is 84.3 Å². The summed E-state index contributed by atoms with van der Waals surface area (Å²) in [5, 5.41) is 8.82. The lowest BCUT2D eigenvalue weighted by atomic mass is 9.82. The first-order valence-electron chi connectivity index (χ1n) is 10.1. The second-order valence-corrected chi connectivity index (χ2v) is 8.03. The standard InChI is InChI=1S/C22H33NO5/c1-14-12-15(2)17-13-18(27-20(26)9-8-19(24)25)22(4,10-6-5-7-11-23)28-21(17)16(14)3/h12,18H,5-11,13,23H2,1-4H3,(H,24,25)/t18?,22-/m1/s1. The quantitative estimate of drug-likeness (QED) is 0.493. The van der Waals surface area contributed by atoms with E-state index in [1.54, 1.807) is 0 Å². The Balaban J connectivity index is 2.27. The molecule has 2 rings (SSSR count). The Morgan fingerprint density at radius 3 is 2.57 bits per heavy atom. The number of aryl methyl sites for hydroxylation is 2. The van der Waals surface area contributed by atoms with Crippen molar-refractivity contribution < 1.29 is 24.2 Å². The zero-order valence-corrected chi connectivity index (χ0v) is 17.5. The summed E-state index contributed by atoms with van der Waals surface area (Å²) in [6.45, 7) is 8.82. The Kier molecular flexibility index (Phi) is 7.47. The fourth-order valence-electron chi connectivity index (χ4n) is 3.80. The van der Waals surface area contributed by atoms with Crippen molar-refractivity contribution in [2.75, 3.05) is 6.54 Å². The molecular weight excluding hydrogens is 358 g/mol. The lowest BCUT2D eigenvalue weighted by Gasteiger charge is -2.43. The number of rotatable bonds is 9. The number of aliphatic carboxylic acids is 1. The molecule has 0 spiro atoms. The van der Waals surface area contributed by atoms with E-state index in [9.17, 15) is 9.59 Å². The molecule has 6 nitrogen and oxygen atoms in total. The van der Waals surface area contributed by atoms with Crippen LogP contribution in [-0.4, -0.2) is 35.3 Å². The summed E-state index contributed by atoms with van der Waals surface area (Å²) in [6.07, 6.45) is 3.39. The summed E-state index contributed by atoms with van der Waals surface area (Å²) < 4.78 is 12.3. The Morgan fingerprint density at radius 1 is 1.21 bits per heavy atom. The van der Waals surface area contributed by atoms with Crippen molar-refractivity contribution in [1.29, 1.82) is 0 Å². The van der Waals surface area contributed by atoms with Crippen LogP contribution in [0.5, 0.6) is 5.75 Å². The highest BCUT2D eigenvalue weighted by Crippen LogP contribution is 2.42. The minimum Gasteiger partial charge on any atom is -0.483 e. The molecule has 0 saturated carbocycles. The third kappa shape index (κ3) is 5.25. The van der Waals surface area contributed by atoms with Gasteiger partial charge in [-0.2, -0.15) is 0 Å². The molecule has 0 fully saturated rings. The molecule has 0 amide bonds. The third-order valence-corrected chi connectivity index (χ3v) is 5.72. The minimum atomic E-state index is -1.01. The van der Waals surface area contributed by atoms with E-state index >= 15 is 0 Å². The van der Waals surface area contributed by atoms with E-state index in [0.29, 0.717) is 13.0 Å². The Labute approximate surface area is 167 Å². The van der Waals surface area contributed by atoms with Crippen LogP contribution in [0.1, 0.15) is 67.7 Å². The van der Waals surface area contributed by atoms with Crippen LogP contribution < -0.4 is 10.5 Å². The zero-order chi connectivity index (χ0) is 20.9. The maximum absolute atomic E-state index is 12.2. The molecule has 1 heterocycles. The van der Waals surface area contributed by atoms with Gasteiger partial charge in [-0.05, 0) is 70.2 Å². The number of esters is 1. The first kappa shape index (κ1) is 22.2. The Bertz CT molecular complexity index is 730. The molecule has 1 aliphatic rings. The third-order valence-electron chi connectivity index (χ3n) is 5.72. The highest BCUT2D eigenvalue weighted by Gasteiger charge is 2.44. The Hall–Kier alpha value is -2.08. The Morgan fingerprint density at radius 2 is 1.93 bits per heavy atom. The number of unbranched alkanes of at least 4 members (excludes halogenated alkanes) is 2. The summed E-state index contributed by atoms with van der Waals surface area (Å²) in [5.74, 6) is -0.598. The van der Waals surface area contributed by atoms with Crippen LogP contribution in [0, 0.1) is 20.8 Å². The van der Waals surface area contributed by atoms with Crippen LogP contribution in [0.25, 0.3) is 0 Å². The van der Waals surface area contributed by atoms with Gasteiger partial charge in [-0.15, -0.1) is 0 Å². The maximum atomic E-state index is 12.2. The number of carboxylic acid groups (broad SMARTS) is 1. The second-order valence-electron chi connectivity index (χ2n) is 8.03. The number of nitrogens with two attached hydrogens (primary N) is 1. The lowest BCUT2D eigenvalue weighted by Crippen LogP contribution is -2.51. The number of carbonyl (C=O) groups is 2. The highest BCUT2D eigenvalue weighted by atomic mass is 16.6. The average Bonchev–Trinajstić information content (AvgIpc) is 2.63. The van der Waals surface area contributed by atoms with Gasteiger partial charge < -0.3 is 20.3 Å². The van der Waals surface area contributed by atoms with Crippen molar-refractivity contribution in [2.24, 2.45) is 5.73 Å². The summed E-state index contributed by atoms with van der Waals surface area (Å²) in [7, 11) is 0. The molecule has 1 aromatic rings. The van der Waals surface area contributed by atoms with Gasteiger partial charge in [0.05, 0.1) is 12.8 Å². The van der Waals surface area contributed by atoms with Gasteiger partial charge in [0.25, 0.3) is 0 Å². The molecule has 6 heteroatoms. The van der Waals surface area contributed by atoms with Gasteiger partial charge in [0, 0.05) is 12.0 Å². The van der Waals surface area contributed by atoms with Crippen LogP contribution in [0.15, 0.2) is 6.07 Å². The molecule has 28 heavy (non-hydrogen) atoms. The van der Waals surface area contributed by atoms with Crippen molar-refractivity contribution >= 4 is 11.9 Å². The summed E-state index contributed by atoms with van der Waals surface area (Å²) >= 11 is 0. The second kappa shape index (κ2) is 9.41. The van der Waals surface area contributed by atoms with E-state index in [4.69, 9.17) is 20.3 Å². The van der Waals surface area contributed by atoms with Crippen molar-refractivity contribution in [1.82, 2.24) is 0 Å². The van der Waals surface area contributed by atoms with E-state index < -0.39 is 23.6 Å². The molecule has 3 N–H and O–H groups in total. The normalized spacial score (nSPS) is 21.0. The summed E-state index contributed by atoms with van der Waals surface area (Å²) in [6, 6.07) is 2.13. The molecule has 1 unspecified atom stereocenters. The first-order valence-corrected chi connectivity index (χ1v) is 10.1. The SMILES string of the molecule is Cc1cc(C)c2c(c1C)O[C@](C)(CCCCCN)C(OC(=O)CCC(=O)O)C2. The van der Waals surface area contributed by atoms with Gasteiger partial charge in [-0.25, -0.2) is 0 Å². The van der Waals surface area contributed by atoms with E-state index in [-0.39, 0.29) is 12.8 Å². The van der Waals surface area contributed by atoms with Gasteiger partial charge in [0.15, 0.2) is 0 Å². The molecule has 0 aliphatic carbocycles. The van der Waals surface area contributed by atoms with Crippen LogP contribution >= 0.6 is 0 Å². The maximum Gasteiger partial charge on any atom is 0.306 e. The molecule has 2 atom stereocenters. The number of fused-ring (bicyclic) bond motifs is 1. The van der Waals surface area contributed by atoms with Crippen LogP contribution in [0.4, 0.5) is 0 Å². The zero-order valence-electron chi connectivity index (χ0n) is 17.5. The summed E-state index contributed by atoms with van der Waals surface area (Å²) in [5.41, 5.74) is 9.43. The predicted octanol–water partition coefficient (Wildman–Crippen LogP) is 3.60. The fourth-order valence-corrected chi connectivity index (χ4v) is 3.80. The fraction of sp³-hybridized carbons (Fsp3) is 0.636. The van der Waals surface area contributed by atoms with E-state index in [0.717, 1.165) is 48.1 Å². The highest BCUT2D eigenvalue weighted by molar-refractivity contribution is 5.76. The largest absolute Gasteiger partial charge is 0.483 e. The topological polar surface area (TPSA) is 98.9 Å². The number of hydrogen-bond donors (Lipinski definition) is 2. The van der Waals surface area contributed by atoms with Crippen molar-refractivity contribution in [3.8, 4) is 5.75 Å². The molecule has 1 aromatic carbocycles. The number of carboxylic acids is 1. The molecule has 1 aliphatic heterocycles. The van der Waals surface area contributed by atoms with E-state index in [1.807, 2.05) is 13.8 Å². The first-order chi connectivity index (χ1) is 13.2. The molecule has 0 bridgehead atoms. The molecule has 0 aromatic heterocycles. The number of carbonyl (C=O) groups excluding carboxylic acids is 1. The van der Waals surface area contributed by atoms with E-state index in [2.05, 4.69) is 19.9 Å². The molecule has 0 radical (unpaired) electrons. The average molecular weight is 392 g/mol. The van der Waals surface area contributed by atoms with Gasteiger partial charge in [-0.3, -0.25) is 9.59 Å². The minimum absolute atomic E-state index is 0.131. The number of benzene rings is 1. The lowest BCUT2D eigenvalue weighted by molar-refractivity contribution is -0.165. The molecule has 156 valence electrons. The van der Waals surface area contributed by atoms with Crippen LogP contribution in [0.2, 0.25) is 0 Å². The summed E-state index contributed by atoms with van der Waals surface area (Å²) in [4.78, 5) is 23.0. The van der Waals surface area contributed by atoms with E-state index in [1.165, 1.54) is 5.56 Å². The monoisotopic (exact) mass is 391 g/mol. The van der Waals surface area contributed by atoms with Crippen LogP contribution in [-0.2, 0) is 20.7 Å². The van der Waals surface area contributed by atoms with Crippen molar-refractivity contribution in [3.05, 3.63) is 28.3 Å². The predicted molar refractivity (Wildman–Crippen MR) is 108 cm³/mol. The number of hydrogen-bond acceptors (Lipinski definition) is 5. The van der Waals surface area contributed by atoms with Crippen molar-refractivity contribution in [3.63, 3.8) is 0 Å². The van der Waals surface area contributed by atoms with Crippen LogP contribution in [0.3, 0.4) is 0 Å². The number of ether oxygens (including phenoxy) is 2. The van der Waals surface area contributed by atoms with Gasteiger partial charge in [0.1, 0.15) is 17.5 Å². The van der Waals surface area contributed by atoms with Gasteiger partial charge in [0.2, 0.25) is 0 Å².